The van der Waals surface area contributed by atoms with Crippen molar-refractivity contribution >= 4 is 17.5 Å². The largest absolute Gasteiger partial charge is 0.433 e. The van der Waals surface area contributed by atoms with E-state index < -0.39 is 23.6 Å². The molecular weight excluding hydrogens is 338 g/mol. The van der Waals surface area contributed by atoms with Crippen LogP contribution in [0.25, 0.3) is 0 Å². The van der Waals surface area contributed by atoms with Gasteiger partial charge in [0.25, 0.3) is 0 Å². The van der Waals surface area contributed by atoms with Crippen molar-refractivity contribution in [1.82, 2.24) is 9.97 Å². The number of alkyl halides is 6. The summed E-state index contributed by atoms with van der Waals surface area (Å²) in [5.74, 6) is -0.582. The first-order chi connectivity index (χ1) is 11.0. The first-order valence-electron chi connectivity index (χ1n) is 6.60. The van der Waals surface area contributed by atoms with Gasteiger partial charge < -0.3 is 10.6 Å². The molecule has 0 amide bonds. The van der Waals surface area contributed by atoms with Crippen LogP contribution in [0.4, 0.5) is 43.8 Å². The Kier molecular flexibility index (Phi) is 4.59. The molecule has 2 aromatic rings. The van der Waals surface area contributed by atoms with Crippen molar-refractivity contribution < 1.29 is 26.3 Å². The zero-order valence-electron chi connectivity index (χ0n) is 12.5. The highest BCUT2D eigenvalue weighted by atomic mass is 19.4. The number of nitrogens with zero attached hydrogens (tertiary/aromatic N) is 2. The Labute approximate surface area is 132 Å². The lowest BCUT2D eigenvalue weighted by atomic mass is 10.1. The molecule has 4 nitrogen and oxygen atoms in total. The standard InChI is InChI=1S/C14H12F6N4/c1-7-8(13(15,16)17)4-3-5-9(7)22-11-6-10(14(18,19)20)23-12(21-2)24-11/h3-6H,1-2H3,(H2,21,22,23,24). The summed E-state index contributed by atoms with van der Waals surface area (Å²) in [6.07, 6.45) is -9.28. The van der Waals surface area contributed by atoms with Crippen LogP contribution < -0.4 is 10.6 Å². The first-order valence-corrected chi connectivity index (χ1v) is 6.60. The van der Waals surface area contributed by atoms with E-state index in [0.29, 0.717) is 6.07 Å². The fourth-order valence-corrected chi connectivity index (χ4v) is 1.98. The van der Waals surface area contributed by atoms with E-state index in [-0.39, 0.29) is 23.0 Å². The number of benzene rings is 1. The van der Waals surface area contributed by atoms with Gasteiger partial charge >= 0.3 is 12.4 Å². The van der Waals surface area contributed by atoms with Crippen LogP contribution in [0.1, 0.15) is 16.8 Å². The molecule has 1 aromatic carbocycles. The van der Waals surface area contributed by atoms with E-state index in [1.807, 2.05) is 0 Å². The summed E-state index contributed by atoms with van der Waals surface area (Å²) in [6.45, 7) is 1.22. The Morgan fingerprint density at radius 2 is 1.62 bits per heavy atom. The highest BCUT2D eigenvalue weighted by molar-refractivity contribution is 5.63. The maximum Gasteiger partial charge on any atom is 0.433 e. The third-order valence-corrected chi connectivity index (χ3v) is 3.14. The van der Waals surface area contributed by atoms with Crippen molar-refractivity contribution in [2.24, 2.45) is 0 Å². The van der Waals surface area contributed by atoms with E-state index in [1.165, 1.54) is 20.0 Å². The minimum Gasteiger partial charge on any atom is -0.357 e. The minimum absolute atomic E-state index is 0.00120. The molecule has 0 atom stereocenters. The number of hydrogen-bond acceptors (Lipinski definition) is 4. The van der Waals surface area contributed by atoms with E-state index in [1.54, 1.807) is 0 Å². The molecule has 2 N–H and O–H groups in total. The van der Waals surface area contributed by atoms with Crippen molar-refractivity contribution in [3.8, 4) is 0 Å². The van der Waals surface area contributed by atoms with Crippen molar-refractivity contribution in [2.45, 2.75) is 19.3 Å². The Morgan fingerprint density at radius 1 is 0.958 bits per heavy atom. The maximum absolute atomic E-state index is 12.9. The quantitative estimate of drug-likeness (QED) is 0.794. The number of aromatic nitrogens is 2. The fourth-order valence-electron chi connectivity index (χ4n) is 1.98. The molecule has 130 valence electrons. The molecule has 0 saturated heterocycles. The third-order valence-electron chi connectivity index (χ3n) is 3.14. The summed E-state index contributed by atoms with van der Waals surface area (Å²) < 4.78 is 77.2. The van der Waals surface area contributed by atoms with Gasteiger partial charge in [0.1, 0.15) is 5.82 Å². The van der Waals surface area contributed by atoms with Gasteiger partial charge in [-0.15, -0.1) is 0 Å². The summed E-state index contributed by atoms with van der Waals surface area (Å²) in [5.41, 5.74) is -2.25. The third kappa shape index (κ3) is 3.87. The van der Waals surface area contributed by atoms with E-state index >= 15 is 0 Å². The normalized spacial score (nSPS) is 12.2. The van der Waals surface area contributed by atoms with E-state index in [9.17, 15) is 26.3 Å². The highest BCUT2D eigenvalue weighted by Gasteiger charge is 2.34. The van der Waals surface area contributed by atoms with Crippen LogP contribution in [0.3, 0.4) is 0 Å². The topological polar surface area (TPSA) is 49.8 Å². The predicted octanol–water partition coefficient (Wildman–Crippen LogP) is 4.61. The van der Waals surface area contributed by atoms with Gasteiger partial charge in [0.2, 0.25) is 5.95 Å². The monoisotopic (exact) mass is 350 g/mol. The zero-order chi connectivity index (χ0) is 18.1. The molecule has 2 rings (SSSR count). The van der Waals surface area contributed by atoms with Gasteiger partial charge in [-0.05, 0) is 24.6 Å². The molecule has 24 heavy (non-hydrogen) atoms. The van der Waals surface area contributed by atoms with Crippen LogP contribution in [0.5, 0.6) is 0 Å². The lowest BCUT2D eigenvalue weighted by molar-refractivity contribution is -0.141. The molecule has 0 aliphatic carbocycles. The molecule has 1 aromatic heterocycles. The minimum atomic E-state index is -4.71. The number of anilines is 3. The molecule has 0 radical (unpaired) electrons. The summed E-state index contributed by atoms with van der Waals surface area (Å²) >= 11 is 0. The summed E-state index contributed by atoms with van der Waals surface area (Å²) in [6, 6.07) is 3.99. The average Bonchev–Trinajstić information content (AvgIpc) is 2.47. The zero-order valence-corrected chi connectivity index (χ0v) is 12.5. The molecular formula is C14H12F6N4. The second-order valence-electron chi connectivity index (χ2n) is 4.81. The van der Waals surface area contributed by atoms with Gasteiger partial charge in [-0.3, -0.25) is 0 Å². The Hall–Kier alpha value is -2.52. The Balaban J connectivity index is 2.45. The van der Waals surface area contributed by atoms with Gasteiger partial charge in [0, 0.05) is 18.8 Å². The van der Waals surface area contributed by atoms with E-state index in [0.717, 1.165) is 12.1 Å². The molecule has 0 saturated carbocycles. The van der Waals surface area contributed by atoms with Gasteiger partial charge in [-0.1, -0.05) is 6.07 Å². The highest BCUT2D eigenvalue weighted by Crippen LogP contribution is 2.36. The molecule has 0 fully saturated rings. The van der Waals surface area contributed by atoms with E-state index in [4.69, 9.17) is 0 Å². The maximum atomic E-state index is 12.9. The molecule has 10 heteroatoms. The fraction of sp³-hybridized carbons (Fsp3) is 0.286. The average molecular weight is 350 g/mol. The van der Waals surface area contributed by atoms with E-state index in [2.05, 4.69) is 20.6 Å². The summed E-state index contributed by atoms with van der Waals surface area (Å²) in [7, 11) is 1.33. The molecule has 0 aliphatic heterocycles. The van der Waals surface area contributed by atoms with Crippen molar-refractivity contribution in [3.63, 3.8) is 0 Å². The van der Waals surface area contributed by atoms with Gasteiger partial charge in [0.15, 0.2) is 5.69 Å². The summed E-state index contributed by atoms with van der Waals surface area (Å²) in [4.78, 5) is 7.06. The molecule has 0 spiro atoms. The lowest BCUT2D eigenvalue weighted by Gasteiger charge is -2.16. The van der Waals surface area contributed by atoms with Crippen molar-refractivity contribution in [1.29, 1.82) is 0 Å². The summed E-state index contributed by atoms with van der Waals surface area (Å²) in [5, 5.41) is 4.85. The SMILES string of the molecule is CNc1nc(Nc2cccc(C(F)(F)F)c2C)cc(C(F)(F)F)n1. The van der Waals surface area contributed by atoms with Crippen LogP contribution >= 0.6 is 0 Å². The second-order valence-corrected chi connectivity index (χ2v) is 4.81. The van der Waals surface area contributed by atoms with Gasteiger partial charge in [-0.2, -0.15) is 31.3 Å². The molecule has 0 unspecified atom stereocenters. The van der Waals surface area contributed by atoms with Gasteiger partial charge in [0.05, 0.1) is 5.56 Å². The smallest absolute Gasteiger partial charge is 0.357 e. The van der Waals surface area contributed by atoms with Crippen LogP contribution in [-0.4, -0.2) is 17.0 Å². The van der Waals surface area contributed by atoms with Gasteiger partial charge in [-0.25, -0.2) is 4.98 Å². The first kappa shape index (κ1) is 17.8. The Bertz CT molecular complexity index is 739. The number of halogens is 6. The van der Waals surface area contributed by atoms with Crippen LogP contribution in [0, 0.1) is 6.92 Å². The predicted molar refractivity (Wildman–Crippen MR) is 76.0 cm³/mol. The molecule has 1 heterocycles. The Morgan fingerprint density at radius 3 is 2.17 bits per heavy atom. The molecule has 0 bridgehead atoms. The number of rotatable bonds is 3. The number of nitrogens with one attached hydrogen (secondary N) is 2. The van der Waals surface area contributed by atoms with Crippen molar-refractivity contribution in [2.75, 3.05) is 17.7 Å². The van der Waals surface area contributed by atoms with Crippen LogP contribution in [0.2, 0.25) is 0 Å². The van der Waals surface area contributed by atoms with Crippen molar-refractivity contribution in [3.05, 3.63) is 41.1 Å². The number of hydrogen-bond donors (Lipinski definition) is 2. The van der Waals surface area contributed by atoms with Crippen LogP contribution in [0.15, 0.2) is 24.3 Å². The lowest BCUT2D eigenvalue weighted by Crippen LogP contribution is -2.13. The van der Waals surface area contributed by atoms with Crippen LogP contribution in [-0.2, 0) is 12.4 Å². The second kappa shape index (κ2) is 6.17. The molecule has 0 aliphatic rings.